The van der Waals surface area contributed by atoms with E-state index in [2.05, 4.69) is 9.68 Å². The van der Waals surface area contributed by atoms with Crippen molar-refractivity contribution in [3.8, 4) is 0 Å². The van der Waals surface area contributed by atoms with Gasteiger partial charge in [-0.05, 0) is 6.07 Å². The largest absolute Gasteiger partial charge is 0.750 e. The van der Waals surface area contributed by atoms with Crippen molar-refractivity contribution in [2.45, 2.75) is 0 Å². The van der Waals surface area contributed by atoms with Crippen molar-refractivity contribution in [1.82, 2.24) is 5.16 Å². The molecule has 52 valence electrons. The average molecular weight is 150 g/mol. The van der Waals surface area contributed by atoms with E-state index in [0.717, 1.165) is 0 Å². The molecule has 0 radical (unpaired) electrons. The predicted molar refractivity (Wildman–Crippen MR) is 28.1 cm³/mol. The highest BCUT2D eigenvalue weighted by molar-refractivity contribution is 7.73. The van der Waals surface area contributed by atoms with E-state index in [9.17, 15) is 0 Å². The third kappa shape index (κ3) is 11.1. The highest BCUT2D eigenvalue weighted by atomic mass is 32.2. The highest BCUT2D eigenvalue weighted by Crippen LogP contribution is 1.72. The molecule has 0 bridgehead atoms. The van der Waals surface area contributed by atoms with Gasteiger partial charge in [0.15, 0.2) is 0 Å². The lowest BCUT2D eigenvalue weighted by molar-refractivity contribution is 0.420. The maximum Gasteiger partial charge on any atom is 0.123 e. The van der Waals surface area contributed by atoms with Crippen molar-refractivity contribution in [2.75, 3.05) is 0 Å². The van der Waals surface area contributed by atoms with Crippen LogP contribution in [0.25, 0.3) is 0 Å². The molecule has 1 N–H and O–H groups in total. The molecule has 0 amide bonds. The zero-order valence-electron chi connectivity index (χ0n) is 4.26. The summed E-state index contributed by atoms with van der Waals surface area (Å²) in [7, 11) is 0. The molecule has 5 nitrogen and oxygen atoms in total. The monoisotopic (exact) mass is 150 g/mol. The molecule has 1 unspecified atom stereocenters. The fraction of sp³-hybridized carbons (Fsp3) is 0. The smallest absolute Gasteiger partial charge is 0.123 e. The maximum atomic E-state index is 8.56. The van der Waals surface area contributed by atoms with Crippen molar-refractivity contribution in [1.29, 1.82) is 0 Å². The number of aromatic nitrogens is 1. The van der Waals surface area contributed by atoms with E-state index in [0.29, 0.717) is 0 Å². The van der Waals surface area contributed by atoms with Gasteiger partial charge in [-0.25, -0.2) is 4.21 Å². The first kappa shape index (κ1) is 8.28. The first-order valence-corrected chi connectivity index (χ1v) is 2.89. The zero-order valence-corrected chi connectivity index (χ0v) is 5.08. The Kier molecular flexibility index (Phi) is 4.98. The second kappa shape index (κ2) is 5.42. The van der Waals surface area contributed by atoms with Crippen LogP contribution in [0, 0.1) is 0 Å². The van der Waals surface area contributed by atoms with Gasteiger partial charge in [0, 0.05) is 0 Å². The summed E-state index contributed by atoms with van der Waals surface area (Å²) in [5, 5.41) is 3.35. The van der Waals surface area contributed by atoms with E-state index in [-0.39, 0.29) is 0 Å². The van der Waals surface area contributed by atoms with E-state index in [1.54, 1.807) is 12.3 Å². The van der Waals surface area contributed by atoms with E-state index in [1.165, 1.54) is 6.26 Å². The molecule has 1 rings (SSSR count). The normalized spacial score (nSPS) is 11.3. The van der Waals surface area contributed by atoms with Gasteiger partial charge in [-0.3, -0.25) is 0 Å². The Balaban J connectivity index is 0.000000148. The van der Waals surface area contributed by atoms with Gasteiger partial charge in [-0.15, -0.1) is 0 Å². The van der Waals surface area contributed by atoms with Crippen LogP contribution in [0.15, 0.2) is 23.0 Å². The summed E-state index contributed by atoms with van der Waals surface area (Å²) in [6, 6.07) is 1.72. The quantitative estimate of drug-likeness (QED) is 0.526. The SMILES string of the molecule is O=S([O-])O.c1cnoc1. The number of hydrogen-bond acceptors (Lipinski definition) is 4. The highest BCUT2D eigenvalue weighted by Gasteiger charge is 1.60. The molecule has 0 saturated heterocycles. The van der Waals surface area contributed by atoms with Gasteiger partial charge >= 0.3 is 0 Å². The first-order valence-electron chi connectivity index (χ1n) is 1.86. The van der Waals surface area contributed by atoms with Crippen LogP contribution in [-0.2, 0) is 11.4 Å². The van der Waals surface area contributed by atoms with Crippen LogP contribution in [-0.4, -0.2) is 18.5 Å². The molecule has 0 aliphatic heterocycles. The van der Waals surface area contributed by atoms with Crippen LogP contribution >= 0.6 is 0 Å². The van der Waals surface area contributed by atoms with Crippen LogP contribution in [0.5, 0.6) is 0 Å². The minimum absolute atomic E-state index is 1.51. The molecule has 0 aliphatic carbocycles. The predicted octanol–water partition coefficient (Wildman–Crippen LogP) is 0.0131. The van der Waals surface area contributed by atoms with Crippen LogP contribution in [0.4, 0.5) is 0 Å². The summed E-state index contributed by atoms with van der Waals surface area (Å²) in [5.41, 5.74) is 0. The summed E-state index contributed by atoms with van der Waals surface area (Å²) in [5.74, 6) is 0. The van der Waals surface area contributed by atoms with Crippen LogP contribution < -0.4 is 0 Å². The van der Waals surface area contributed by atoms with Crippen LogP contribution in [0.2, 0.25) is 0 Å². The molecule has 1 atom stereocenters. The van der Waals surface area contributed by atoms with Gasteiger partial charge < -0.3 is 13.6 Å². The van der Waals surface area contributed by atoms with E-state index >= 15 is 0 Å². The summed E-state index contributed by atoms with van der Waals surface area (Å²) in [6.07, 6.45) is 3.10. The topological polar surface area (TPSA) is 86.4 Å². The Morgan fingerprint density at radius 1 is 1.78 bits per heavy atom. The van der Waals surface area contributed by atoms with Crippen LogP contribution in [0.3, 0.4) is 0 Å². The second-order valence-electron chi connectivity index (χ2n) is 0.906. The van der Waals surface area contributed by atoms with Crippen molar-refractivity contribution in [3.63, 3.8) is 0 Å². The van der Waals surface area contributed by atoms with Crippen molar-refractivity contribution < 1.29 is 17.8 Å². The average Bonchev–Trinajstić information content (AvgIpc) is 2.11. The van der Waals surface area contributed by atoms with Crippen molar-refractivity contribution in [2.24, 2.45) is 0 Å². The lowest BCUT2D eigenvalue weighted by Crippen LogP contribution is -1.75. The van der Waals surface area contributed by atoms with Crippen molar-refractivity contribution in [3.05, 3.63) is 18.5 Å². The Hall–Kier alpha value is -0.720. The van der Waals surface area contributed by atoms with E-state index in [4.69, 9.17) is 13.3 Å². The molecule has 0 saturated carbocycles. The molecule has 1 aromatic rings. The fourth-order valence-electron chi connectivity index (χ4n) is 0.176. The Labute approximate surface area is 53.8 Å². The van der Waals surface area contributed by atoms with Gasteiger partial charge in [-0.2, -0.15) is 0 Å². The summed E-state index contributed by atoms with van der Waals surface area (Å²) in [6.45, 7) is 0. The molecule has 9 heavy (non-hydrogen) atoms. The molecule has 0 aliphatic rings. The van der Waals surface area contributed by atoms with E-state index < -0.39 is 11.4 Å². The van der Waals surface area contributed by atoms with Crippen LogP contribution in [0.1, 0.15) is 0 Å². The summed E-state index contributed by atoms with van der Waals surface area (Å²) >= 11 is -2.86. The summed E-state index contributed by atoms with van der Waals surface area (Å²) in [4.78, 5) is 0. The Morgan fingerprint density at radius 2 is 2.33 bits per heavy atom. The van der Waals surface area contributed by atoms with Gasteiger partial charge in [0.1, 0.15) is 6.26 Å². The van der Waals surface area contributed by atoms with Crippen molar-refractivity contribution >= 4 is 11.4 Å². The zero-order chi connectivity index (χ0) is 7.11. The van der Waals surface area contributed by atoms with E-state index in [1.807, 2.05) is 0 Å². The third-order valence-corrected chi connectivity index (χ3v) is 0.347. The maximum absolute atomic E-state index is 8.56. The Morgan fingerprint density at radius 3 is 2.44 bits per heavy atom. The molecule has 6 heteroatoms. The minimum Gasteiger partial charge on any atom is -0.750 e. The standard InChI is InChI=1S/C3H3NO.H2O3S/c1-2-4-5-3-1;1-4(2)3/h1-3H;(H2,1,2,3)/p-1. The van der Waals surface area contributed by atoms with Gasteiger partial charge in [0.05, 0.1) is 17.6 Å². The number of hydrogen-bond donors (Lipinski definition) is 1. The molecule has 1 heterocycles. The molecule has 0 aromatic carbocycles. The number of rotatable bonds is 0. The lowest BCUT2D eigenvalue weighted by Gasteiger charge is -1.83. The molecular weight excluding hydrogens is 146 g/mol. The molecular formula is C3H4NO4S-. The molecule has 0 spiro atoms. The fourth-order valence-corrected chi connectivity index (χ4v) is 0.176. The summed E-state index contributed by atoms with van der Waals surface area (Å²) < 4.78 is 28.4. The van der Waals surface area contributed by atoms with Gasteiger partial charge in [-0.1, -0.05) is 5.16 Å². The third-order valence-electron chi connectivity index (χ3n) is 0.347. The lowest BCUT2D eigenvalue weighted by atomic mass is 10.8. The van der Waals surface area contributed by atoms with Gasteiger partial charge in [0.25, 0.3) is 0 Å². The molecule has 1 aromatic heterocycles. The number of nitrogens with zero attached hydrogens (tertiary/aromatic N) is 1. The van der Waals surface area contributed by atoms with Gasteiger partial charge in [0.2, 0.25) is 0 Å². The minimum atomic E-state index is -2.86. The Bertz CT molecular complexity index is 130. The second-order valence-corrected chi connectivity index (χ2v) is 1.34. The molecule has 0 fully saturated rings. The first-order chi connectivity index (χ1) is 4.23.